The van der Waals surface area contributed by atoms with Crippen molar-refractivity contribution in [3.05, 3.63) is 94.8 Å². The Morgan fingerprint density at radius 3 is 2.45 bits per heavy atom. The largest absolute Gasteiger partial charge is 0.465 e. The average molecular weight is 445 g/mol. The Hall–Kier alpha value is -3.97. The lowest BCUT2D eigenvalue weighted by molar-refractivity contribution is -0.110. The predicted molar refractivity (Wildman–Crippen MR) is 127 cm³/mol. The normalized spacial score (nSPS) is 14.0. The molecule has 0 aliphatic carbocycles. The highest BCUT2D eigenvalue weighted by Crippen LogP contribution is 2.38. The van der Waals surface area contributed by atoms with Gasteiger partial charge in [0.1, 0.15) is 5.82 Å². The molecule has 1 aliphatic rings. The van der Waals surface area contributed by atoms with E-state index in [1.54, 1.807) is 30.3 Å². The first kappa shape index (κ1) is 22.2. The highest BCUT2D eigenvalue weighted by molar-refractivity contribution is 6.37. The number of hydrogen-bond acceptors (Lipinski definition) is 5. The van der Waals surface area contributed by atoms with E-state index in [-0.39, 0.29) is 11.7 Å². The van der Waals surface area contributed by atoms with E-state index in [1.165, 1.54) is 13.2 Å². The Morgan fingerprint density at radius 1 is 1.03 bits per heavy atom. The van der Waals surface area contributed by atoms with Crippen LogP contribution in [-0.2, 0) is 16.1 Å². The molecule has 33 heavy (non-hydrogen) atoms. The molecule has 3 aromatic rings. The van der Waals surface area contributed by atoms with Crippen molar-refractivity contribution in [2.75, 3.05) is 31.8 Å². The van der Waals surface area contributed by atoms with Crippen LogP contribution in [0.5, 0.6) is 0 Å². The second-order valence-corrected chi connectivity index (χ2v) is 7.99. The fourth-order valence-corrected chi connectivity index (χ4v) is 3.79. The van der Waals surface area contributed by atoms with E-state index < -0.39 is 5.97 Å². The number of rotatable bonds is 6. The van der Waals surface area contributed by atoms with Gasteiger partial charge < -0.3 is 20.3 Å². The third-order valence-corrected chi connectivity index (χ3v) is 5.31. The topological polar surface area (TPSA) is 70.7 Å². The van der Waals surface area contributed by atoms with Crippen LogP contribution in [0.15, 0.2) is 66.7 Å². The molecule has 6 nitrogen and oxygen atoms in total. The molecule has 0 radical (unpaired) electrons. The van der Waals surface area contributed by atoms with E-state index >= 15 is 0 Å². The van der Waals surface area contributed by atoms with Crippen LogP contribution in [0.1, 0.15) is 27.0 Å². The van der Waals surface area contributed by atoms with E-state index in [1.807, 2.05) is 49.3 Å². The van der Waals surface area contributed by atoms with Crippen molar-refractivity contribution in [2.45, 2.75) is 6.54 Å². The van der Waals surface area contributed by atoms with Crippen LogP contribution >= 0.6 is 0 Å². The van der Waals surface area contributed by atoms with Crippen LogP contribution < -0.4 is 10.6 Å². The summed E-state index contributed by atoms with van der Waals surface area (Å²) in [5, 5.41) is 6.07. The van der Waals surface area contributed by atoms with Crippen molar-refractivity contribution < 1.29 is 18.7 Å². The lowest BCUT2D eigenvalue weighted by Crippen LogP contribution is -2.12. The zero-order chi connectivity index (χ0) is 23.5. The van der Waals surface area contributed by atoms with Gasteiger partial charge in [0.05, 0.1) is 29.6 Å². The van der Waals surface area contributed by atoms with Crippen LogP contribution in [0.25, 0.3) is 11.3 Å². The van der Waals surface area contributed by atoms with Crippen molar-refractivity contribution in [3.8, 4) is 0 Å². The predicted octanol–water partition coefficient (Wildman–Crippen LogP) is 4.61. The Labute approximate surface area is 191 Å². The van der Waals surface area contributed by atoms with Gasteiger partial charge in [-0.1, -0.05) is 42.5 Å². The maximum Gasteiger partial charge on any atom is 0.337 e. The molecule has 0 bridgehead atoms. The summed E-state index contributed by atoms with van der Waals surface area (Å²) in [5.74, 6) is -1.13. The molecule has 0 saturated heterocycles. The number of ether oxygens (including phenoxy) is 1. The van der Waals surface area contributed by atoms with Crippen molar-refractivity contribution in [2.24, 2.45) is 0 Å². The summed E-state index contributed by atoms with van der Waals surface area (Å²) >= 11 is 0. The van der Waals surface area contributed by atoms with Gasteiger partial charge >= 0.3 is 5.97 Å². The van der Waals surface area contributed by atoms with Crippen LogP contribution in [0.4, 0.5) is 15.8 Å². The van der Waals surface area contributed by atoms with E-state index in [2.05, 4.69) is 10.6 Å². The van der Waals surface area contributed by atoms with Crippen molar-refractivity contribution >= 4 is 34.5 Å². The van der Waals surface area contributed by atoms with E-state index in [4.69, 9.17) is 4.74 Å². The zero-order valence-electron chi connectivity index (χ0n) is 18.6. The van der Waals surface area contributed by atoms with Gasteiger partial charge in [-0.15, -0.1) is 0 Å². The number of fused-ring (bicyclic) bond motifs is 1. The number of amides is 1. The summed E-state index contributed by atoms with van der Waals surface area (Å²) in [4.78, 5) is 26.8. The molecule has 1 heterocycles. The third-order valence-electron chi connectivity index (χ3n) is 5.31. The zero-order valence-corrected chi connectivity index (χ0v) is 18.6. The standard InChI is InChI=1S/C26H24FN3O3/c1-30(2)15-18-9-11-19(14-21(18)27)28-24(16-7-5-4-6-8-16)23-20-12-10-17(26(32)33-3)13-22(20)29-25(23)31/h4-14,28H,15H2,1-3H3,(H,29,31)/b24-23-. The maximum atomic E-state index is 14.7. The van der Waals surface area contributed by atoms with Gasteiger partial charge in [-0.2, -0.15) is 0 Å². The molecular formula is C26H24FN3O3. The summed E-state index contributed by atoms with van der Waals surface area (Å²) in [6.45, 7) is 0.483. The number of benzene rings is 3. The van der Waals surface area contributed by atoms with Crippen LogP contribution in [-0.4, -0.2) is 38.0 Å². The molecule has 1 aliphatic heterocycles. The highest BCUT2D eigenvalue weighted by Gasteiger charge is 2.29. The monoisotopic (exact) mass is 445 g/mol. The first-order valence-corrected chi connectivity index (χ1v) is 10.4. The number of anilines is 2. The highest BCUT2D eigenvalue weighted by atomic mass is 19.1. The van der Waals surface area contributed by atoms with E-state index in [0.717, 1.165) is 5.56 Å². The number of methoxy groups -OCH3 is 1. The molecule has 4 rings (SSSR count). The first-order valence-electron chi connectivity index (χ1n) is 10.4. The number of hydrogen-bond donors (Lipinski definition) is 2. The molecular weight excluding hydrogens is 421 g/mol. The minimum atomic E-state index is -0.487. The molecule has 168 valence electrons. The summed E-state index contributed by atoms with van der Waals surface area (Å²) in [6, 6.07) is 19.2. The number of nitrogens with zero attached hydrogens (tertiary/aromatic N) is 1. The van der Waals surface area contributed by atoms with Gasteiger partial charge in [0.25, 0.3) is 5.91 Å². The van der Waals surface area contributed by atoms with Gasteiger partial charge in [0.2, 0.25) is 0 Å². The van der Waals surface area contributed by atoms with E-state index in [0.29, 0.717) is 45.9 Å². The maximum absolute atomic E-state index is 14.7. The number of esters is 1. The van der Waals surface area contributed by atoms with Crippen molar-refractivity contribution in [3.63, 3.8) is 0 Å². The quantitative estimate of drug-likeness (QED) is 0.429. The number of carbonyl (C=O) groups is 2. The second-order valence-electron chi connectivity index (χ2n) is 7.99. The Bertz CT molecular complexity index is 1250. The van der Waals surface area contributed by atoms with Crippen molar-refractivity contribution in [1.29, 1.82) is 0 Å². The SMILES string of the molecule is COC(=O)c1ccc2c(c1)NC(=O)/C2=C(\Nc1ccc(CN(C)C)c(F)c1)c1ccccc1. The summed E-state index contributed by atoms with van der Waals surface area (Å²) in [6.07, 6.45) is 0. The molecule has 0 fully saturated rings. The average Bonchev–Trinajstić information content (AvgIpc) is 3.13. The molecule has 0 unspecified atom stereocenters. The fourth-order valence-electron chi connectivity index (χ4n) is 3.79. The molecule has 1 amide bonds. The van der Waals surface area contributed by atoms with Crippen LogP contribution in [0.3, 0.4) is 0 Å². The lowest BCUT2D eigenvalue weighted by atomic mass is 9.99. The minimum absolute atomic E-state index is 0.317. The number of nitrogens with one attached hydrogen (secondary N) is 2. The summed E-state index contributed by atoms with van der Waals surface area (Å²) in [5.41, 5.74) is 4.32. The molecule has 2 N–H and O–H groups in total. The molecule has 0 atom stereocenters. The Balaban J connectivity index is 1.81. The van der Waals surface area contributed by atoms with Crippen LogP contribution in [0, 0.1) is 5.82 Å². The second kappa shape index (κ2) is 9.26. The minimum Gasteiger partial charge on any atom is -0.465 e. The first-order chi connectivity index (χ1) is 15.9. The molecule has 7 heteroatoms. The van der Waals surface area contributed by atoms with Gasteiger partial charge in [-0.05, 0) is 43.9 Å². The Kier molecular flexibility index (Phi) is 6.24. The lowest BCUT2D eigenvalue weighted by Gasteiger charge is -2.16. The number of carbonyl (C=O) groups excluding carboxylic acids is 2. The molecule has 3 aromatic carbocycles. The van der Waals surface area contributed by atoms with Gasteiger partial charge in [0, 0.05) is 23.4 Å². The fraction of sp³-hybridized carbons (Fsp3) is 0.154. The van der Waals surface area contributed by atoms with Crippen molar-refractivity contribution in [1.82, 2.24) is 4.90 Å². The summed E-state index contributed by atoms with van der Waals surface area (Å²) in [7, 11) is 5.07. The smallest absolute Gasteiger partial charge is 0.337 e. The van der Waals surface area contributed by atoms with E-state index in [9.17, 15) is 14.0 Å². The summed E-state index contributed by atoms with van der Waals surface area (Å²) < 4.78 is 19.5. The molecule has 0 spiro atoms. The van der Waals surface area contributed by atoms with Crippen LogP contribution in [0.2, 0.25) is 0 Å². The van der Waals surface area contributed by atoms with Gasteiger partial charge in [-0.25, -0.2) is 9.18 Å². The van der Waals surface area contributed by atoms with Gasteiger partial charge in [-0.3, -0.25) is 4.79 Å². The third kappa shape index (κ3) is 4.63. The number of halogens is 1. The molecule has 0 saturated carbocycles. The molecule has 0 aromatic heterocycles. The van der Waals surface area contributed by atoms with Gasteiger partial charge in [0.15, 0.2) is 0 Å². The Morgan fingerprint density at radius 2 is 1.79 bits per heavy atom.